The standard InChI is InChI=1S/C9H10N3S/c1-2-12-10-9(13-11-12)8-6-4-3-5-7-8/h3-7H,2H2,1H3/q+1. The Hall–Kier alpha value is -1.29. The van der Waals surface area contributed by atoms with Crippen molar-refractivity contribution >= 4 is 11.5 Å². The van der Waals surface area contributed by atoms with Crippen LogP contribution in [0.25, 0.3) is 10.6 Å². The fraction of sp³-hybridized carbons (Fsp3) is 0.222. The van der Waals surface area contributed by atoms with Gasteiger partial charge >= 0.3 is 0 Å². The lowest BCUT2D eigenvalue weighted by Crippen LogP contribution is -2.37. The molecule has 0 atom stereocenters. The lowest BCUT2D eigenvalue weighted by atomic mass is 10.2. The maximum atomic E-state index is 4.32. The van der Waals surface area contributed by atoms with E-state index in [0.29, 0.717) is 0 Å². The zero-order valence-corrected chi connectivity index (χ0v) is 8.16. The lowest BCUT2D eigenvalue weighted by molar-refractivity contribution is -0.796. The lowest BCUT2D eigenvalue weighted by Gasteiger charge is -1.87. The highest BCUT2D eigenvalue weighted by Gasteiger charge is 2.10. The second kappa shape index (κ2) is 3.62. The zero-order chi connectivity index (χ0) is 9.10. The summed E-state index contributed by atoms with van der Waals surface area (Å²) < 4.78 is 4.16. The summed E-state index contributed by atoms with van der Waals surface area (Å²) in [5, 5.41) is 5.30. The first-order valence-corrected chi connectivity index (χ1v) is 4.97. The molecular formula is C9H10N3S+. The molecule has 2 rings (SSSR count). The molecule has 0 fully saturated rings. The number of aryl methyl sites for hydroxylation is 1. The summed E-state index contributed by atoms with van der Waals surface area (Å²) >= 11 is 1.43. The van der Waals surface area contributed by atoms with Gasteiger partial charge in [0, 0.05) is 22.4 Å². The van der Waals surface area contributed by atoms with Crippen LogP contribution >= 0.6 is 11.5 Å². The molecule has 0 aliphatic rings. The van der Waals surface area contributed by atoms with Gasteiger partial charge in [-0.2, -0.15) is 0 Å². The van der Waals surface area contributed by atoms with Crippen molar-refractivity contribution in [3.05, 3.63) is 30.3 Å². The quantitative estimate of drug-likeness (QED) is 0.675. The second-order valence-electron chi connectivity index (χ2n) is 2.63. The van der Waals surface area contributed by atoms with Crippen LogP contribution in [0, 0.1) is 0 Å². The van der Waals surface area contributed by atoms with E-state index >= 15 is 0 Å². The third kappa shape index (κ3) is 1.72. The molecule has 0 aliphatic carbocycles. The van der Waals surface area contributed by atoms with Gasteiger partial charge in [-0.3, -0.25) is 0 Å². The van der Waals surface area contributed by atoms with Crippen molar-refractivity contribution < 1.29 is 4.80 Å². The number of hydrogen-bond acceptors (Lipinski definition) is 3. The summed E-state index contributed by atoms with van der Waals surface area (Å²) in [5.74, 6) is 0. The number of hydrogen-bond donors (Lipinski definition) is 0. The van der Waals surface area contributed by atoms with Crippen LogP contribution in [0.2, 0.25) is 0 Å². The van der Waals surface area contributed by atoms with E-state index in [2.05, 4.69) is 9.59 Å². The molecule has 0 aliphatic heterocycles. The van der Waals surface area contributed by atoms with Crippen molar-refractivity contribution in [2.24, 2.45) is 0 Å². The van der Waals surface area contributed by atoms with E-state index in [1.165, 1.54) is 11.5 Å². The van der Waals surface area contributed by atoms with Crippen LogP contribution < -0.4 is 4.80 Å². The predicted molar refractivity (Wildman–Crippen MR) is 51.2 cm³/mol. The Morgan fingerprint density at radius 2 is 2.08 bits per heavy atom. The number of rotatable bonds is 2. The van der Waals surface area contributed by atoms with Crippen LogP contribution in [0.1, 0.15) is 6.92 Å². The van der Waals surface area contributed by atoms with Gasteiger partial charge in [-0.25, -0.2) is 0 Å². The first-order chi connectivity index (χ1) is 6.40. The van der Waals surface area contributed by atoms with Gasteiger partial charge in [0.25, 0.3) is 0 Å². The molecule has 0 radical (unpaired) electrons. The fourth-order valence-corrected chi connectivity index (χ4v) is 1.74. The summed E-state index contributed by atoms with van der Waals surface area (Å²) in [6, 6.07) is 10.1. The maximum absolute atomic E-state index is 4.32. The minimum absolute atomic E-state index is 0.823. The Morgan fingerprint density at radius 1 is 1.31 bits per heavy atom. The Labute approximate surface area is 80.8 Å². The molecule has 1 aromatic heterocycles. The molecule has 1 heterocycles. The summed E-state index contributed by atoms with van der Waals surface area (Å²) in [4.78, 5) is 1.70. The Morgan fingerprint density at radius 3 is 2.69 bits per heavy atom. The summed E-state index contributed by atoms with van der Waals surface area (Å²) in [6.07, 6.45) is 0. The van der Waals surface area contributed by atoms with Gasteiger partial charge in [-0.05, 0) is 0 Å². The molecule has 2 aromatic rings. The largest absolute Gasteiger partial charge is 0.217 e. The summed E-state index contributed by atoms with van der Waals surface area (Å²) in [6.45, 7) is 2.85. The van der Waals surface area contributed by atoms with Crippen LogP contribution in [-0.4, -0.2) is 9.59 Å². The third-order valence-electron chi connectivity index (χ3n) is 1.73. The molecule has 0 saturated carbocycles. The topological polar surface area (TPSA) is 29.7 Å². The average Bonchev–Trinajstić information content (AvgIpc) is 2.67. The first-order valence-electron chi connectivity index (χ1n) is 4.19. The van der Waals surface area contributed by atoms with Crippen molar-refractivity contribution in [1.82, 2.24) is 9.59 Å². The van der Waals surface area contributed by atoms with Crippen LogP contribution in [0.15, 0.2) is 30.3 Å². The van der Waals surface area contributed by atoms with Crippen molar-refractivity contribution in [1.29, 1.82) is 0 Å². The van der Waals surface area contributed by atoms with Gasteiger partial charge in [0.2, 0.25) is 11.6 Å². The molecule has 4 heteroatoms. The van der Waals surface area contributed by atoms with E-state index in [4.69, 9.17) is 0 Å². The minimum atomic E-state index is 0.823. The maximum Gasteiger partial charge on any atom is 0.217 e. The molecular weight excluding hydrogens is 182 g/mol. The SMILES string of the molecule is CC[n+]1nsc(-c2ccccc2)n1. The van der Waals surface area contributed by atoms with Crippen molar-refractivity contribution in [3.63, 3.8) is 0 Å². The van der Waals surface area contributed by atoms with Gasteiger partial charge in [0.15, 0.2) is 0 Å². The number of aromatic nitrogens is 3. The Bertz CT molecular complexity index is 383. The highest BCUT2D eigenvalue weighted by atomic mass is 32.1. The van der Waals surface area contributed by atoms with E-state index in [9.17, 15) is 0 Å². The molecule has 0 N–H and O–H groups in total. The van der Waals surface area contributed by atoms with Crippen LogP contribution in [0.4, 0.5) is 0 Å². The zero-order valence-electron chi connectivity index (χ0n) is 7.34. The molecule has 1 aromatic carbocycles. The highest BCUT2D eigenvalue weighted by Crippen LogP contribution is 2.17. The van der Waals surface area contributed by atoms with Crippen molar-refractivity contribution in [3.8, 4) is 10.6 Å². The van der Waals surface area contributed by atoms with Crippen LogP contribution in [0.5, 0.6) is 0 Å². The molecule has 0 saturated heterocycles. The molecule has 3 nitrogen and oxygen atoms in total. The molecule has 0 unspecified atom stereocenters. The van der Waals surface area contributed by atoms with Gasteiger partial charge in [-0.1, -0.05) is 30.3 Å². The third-order valence-corrected chi connectivity index (χ3v) is 2.49. The summed E-state index contributed by atoms with van der Waals surface area (Å²) in [7, 11) is 0. The molecule has 0 bridgehead atoms. The fourth-order valence-electron chi connectivity index (χ4n) is 1.05. The van der Waals surface area contributed by atoms with Crippen LogP contribution in [-0.2, 0) is 6.54 Å². The van der Waals surface area contributed by atoms with Crippen molar-refractivity contribution in [2.45, 2.75) is 13.5 Å². The minimum Gasteiger partial charge on any atom is -0.0622 e. The molecule has 0 spiro atoms. The average molecular weight is 192 g/mol. The molecule has 13 heavy (non-hydrogen) atoms. The Kier molecular flexibility index (Phi) is 2.31. The van der Waals surface area contributed by atoms with E-state index in [1.807, 2.05) is 37.3 Å². The number of nitrogens with zero attached hydrogens (tertiary/aromatic N) is 3. The highest BCUT2D eigenvalue weighted by molar-refractivity contribution is 7.08. The smallest absolute Gasteiger partial charge is 0.0622 e. The van der Waals surface area contributed by atoms with E-state index in [0.717, 1.165) is 17.1 Å². The second-order valence-corrected chi connectivity index (χ2v) is 3.37. The first kappa shape index (κ1) is 8.31. The normalized spacial score (nSPS) is 10.2. The number of benzene rings is 1. The van der Waals surface area contributed by atoms with Gasteiger partial charge < -0.3 is 0 Å². The van der Waals surface area contributed by atoms with Gasteiger partial charge in [-0.15, -0.1) is 0 Å². The van der Waals surface area contributed by atoms with Gasteiger partial charge in [0.05, 0.1) is 16.0 Å². The molecule has 66 valence electrons. The molecule has 0 amide bonds. The monoisotopic (exact) mass is 192 g/mol. The van der Waals surface area contributed by atoms with Crippen LogP contribution in [0.3, 0.4) is 0 Å². The predicted octanol–water partition coefficient (Wildman–Crippen LogP) is 1.51. The summed E-state index contributed by atoms with van der Waals surface area (Å²) in [5.41, 5.74) is 1.13. The Balaban J connectivity index is 2.36. The van der Waals surface area contributed by atoms with Gasteiger partial charge in [0.1, 0.15) is 0 Å². The van der Waals surface area contributed by atoms with E-state index in [1.54, 1.807) is 4.80 Å². The van der Waals surface area contributed by atoms with E-state index in [-0.39, 0.29) is 0 Å². The van der Waals surface area contributed by atoms with Crippen molar-refractivity contribution in [2.75, 3.05) is 0 Å². The van der Waals surface area contributed by atoms with E-state index < -0.39 is 0 Å².